The van der Waals surface area contributed by atoms with Crippen LogP contribution in [0.15, 0.2) is 18.2 Å². The van der Waals surface area contributed by atoms with E-state index in [0.717, 1.165) is 6.07 Å². The Balaban J connectivity index is 2.96. The first-order chi connectivity index (χ1) is 6.66. The van der Waals surface area contributed by atoms with Gasteiger partial charge in [-0.1, -0.05) is 6.07 Å². The van der Waals surface area contributed by atoms with Crippen LogP contribution in [0, 0.1) is 5.82 Å². The van der Waals surface area contributed by atoms with Gasteiger partial charge in [0, 0.05) is 7.11 Å². The number of rotatable bonds is 4. The molecule has 0 aromatic heterocycles. The summed E-state index contributed by atoms with van der Waals surface area (Å²) in [7, 11) is -0.489. The van der Waals surface area contributed by atoms with Gasteiger partial charge in [0.1, 0.15) is 11.6 Å². The minimum atomic E-state index is -1.90. The van der Waals surface area contributed by atoms with E-state index < -0.39 is 12.9 Å². The summed E-state index contributed by atoms with van der Waals surface area (Å²) in [5.41, 5.74) is -0.287. The maximum absolute atomic E-state index is 13.1. The molecule has 0 heterocycles. The summed E-state index contributed by atoms with van der Waals surface area (Å²) in [6.07, 6.45) is 0. The van der Waals surface area contributed by atoms with E-state index >= 15 is 0 Å². The summed E-state index contributed by atoms with van der Waals surface area (Å²) in [6, 6.07) is 3.96. The first kappa shape index (κ1) is 11.0. The highest BCUT2D eigenvalue weighted by atomic mass is 19.1. The number of halogens is 1. The highest BCUT2D eigenvalue weighted by Gasteiger charge is 2.21. The van der Waals surface area contributed by atoms with Crippen molar-refractivity contribution in [2.24, 2.45) is 0 Å². The minimum absolute atomic E-state index is 0.0573. The molecule has 0 atom stereocenters. The second kappa shape index (κ2) is 4.95. The molecule has 6 heteroatoms. The van der Waals surface area contributed by atoms with Crippen LogP contribution < -0.4 is 10.2 Å². The van der Waals surface area contributed by atoms with Gasteiger partial charge in [0.2, 0.25) is 0 Å². The lowest BCUT2D eigenvalue weighted by atomic mass is 9.79. The van der Waals surface area contributed by atoms with Crippen LogP contribution in [-0.4, -0.2) is 31.1 Å². The molecule has 1 aromatic rings. The Hall–Kier alpha value is -1.11. The molecule has 14 heavy (non-hydrogen) atoms. The minimum Gasteiger partial charge on any atom is -0.468 e. The lowest BCUT2D eigenvalue weighted by molar-refractivity contribution is 0.0515. The van der Waals surface area contributed by atoms with Crippen molar-refractivity contribution in [2.75, 3.05) is 13.9 Å². The molecule has 76 valence electrons. The third kappa shape index (κ3) is 2.44. The summed E-state index contributed by atoms with van der Waals surface area (Å²) < 4.78 is 22.6. The average molecular weight is 200 g/mol. The Bertz CT molecular complexity index is 305. The standard InChI is InChI=1S/C8H10BFO4/c1-13-5-14-7-4-2-3-6(10)8(7)9(11)12/h2-4,11-12H,5H2,1H3. The Kier molecular flexibility index (Phi) is 3.88. The summed E-state index contributed by atoms with van der Waals surface area (Å²) in [5, 5.41) is 17.8. The lowest BCUT2D eigenvalue weighted by Gasteiger charge is -2.10. The van der Waals surface area contributed by atoms with E-state index in [0.29, 0.717) is 0 Å². The number of benzene rings is 1. The van der Waals surface area contributed by atoms with Crippen molar-refractivity contribution in [3.63, 3.8) is 0 Å². The van der Waals surface area contributed by atoms with Gasteiger partial charge in [-0.2, -0.15) is 0 Å². The number of hydrogen-bond acceptors (Lipinski definition) is 4. The molecule has 0 aliphatic carbocycles. The second-order valence-corrected chi connectivity index (χ2v) is 2.58. The van der Waals surface area contributed by atoms with Crippen LogP contribution in [0.2, 0.25) is 0 Å². The van der Waals surface area contributed by atoms with Crippen LogP contribution in [0.5, 0.6) is 5.75 Å². The molecule has 1 aromatic carbocycles. The zero-order chi connectivity index (χ0) is 10.6. The largest absolute Gasteiger partial charge is 0.495 e. The summed E-state index contributed by atoms with van der Waals surface area (Å²) in [4.78, 5) is 0. The molecule has 0 aliphatic rings. The Morgan fingerprint density at radius 3 is 2.71 bits per heavy atom. The fourth-order valence-corrected chi connectivity index (χ4v) is 1.02. The predicted octanol–water partition coefficient (Wildman–Crippen LogP) is -0.512. The van der Waals surface area contributed by atoms with Gasteiger partial charge in [-0.3, -0.25) is 0 Å². The molecular formula is C8H10BFO4. The van der Waals surface area contributed by atoms with Gasteiger partial charge in [-0.25, -0.2) is 4.39 Å². The average Bonchev–Trinajstić information content (AvgIpc) is 2.14. The molecule has 0 spiro atoms. The quantitative estimate of drug-likeness (QED) is 0.507. The molecule has 0 unspecified atom stereocenters. The van der Waals surface area contributed by atoms with Crippen molar-refractivity contribution in [2.45, 2.75) is 0 Å². The highest BCUT2D eigenvalue weighted by molar-refractivity contribution is 6.59. The van der Waals surface area contributed by atoms with Gasteiger partial charge < -0.3 is 19.5 Å². The zero-order valence-electron chi connectivity index (χ0n) is 7.61. The monoisotopic (exact) mass is 200 g/mol. The molecular weight excluding hydrogens is 190 g/mol. The smallest absolute Gasteiger partial charge is 0.468 e. The fourth-order valence-electron chi connectivity index (χ4n) is 1.02. The highest BCUT2D eigenvalue weighted by Crippen LogP contribution is 2.10. The molecule has 0 radical (unpaired) electrons. The van der Waals surface area contributed by atoms with Crippen molar-refractivity contribution < 1.29 is 23.9 Å². The summed E-state index contributed by atoms with van der Waals surface area (Å²) in [6.45, 7) is -0.0802. The topological polar surface area (TPSA) is 58.9 Å². The maximum atomic E-state index is 13.1. The van der Waals surface area contributed by atoms with Crippen LogP contribution >= 0.6 is 0 Å². The molecule has 0 fully saturated rings. The van der Waals surface area contributed by atoms with Crippen LogP contribution in [0.25, 0.3) is 0 Å². The van der Waals surface area contributed by atoms with E-state index in [1.165, 1.54) is 19.2 Å². The van der Waals surface area contributed by atoms with E-state index in [2.05, 4.69) is 4.74 Å². The Morgan fingerprint density at radius 1 is 1.43 bits per heavy atom. The van der Waals surface area contributed by atoms with Crippen molar-refractivity contribution >= 4 is 12.6 Å². The van der Waals surface area contributed by atoms with E-state index in [4.69, 9.17) is 14.8 Å². The van der Waals surface area contributed by atoms with Crippen molar-refractivity contribution in [3.05, 3.63) is 24.0 Å². The normalized spacial score (nSPS) is 10.0. The van der Waals surface area contributed by atoms with E-state index in [-0.39, 0.29) is 18.0 Å². The third-order valence-corrected chi connectivity index (χ3v) is 1.60. The summed E-state index contributed by atoms with van der Waals surface area (Å²) >= 11 is 0. The van der Waals surface area contributed by atoms with Gasteiger partial charge in [-0.15, -0.1) is 0 Å². The number of methoxy groups -OCH3 is 1. The Morgan fingerprint density at radius 2 is 2.14 bits per heavy atom. The molecule has 2 N–H and O–H groups in total. The van der Waals surface area contributed by atoms with Crippen LogP contribution in [0.3, 0.4) is 0 Å². The SMILES string of the molecule is COCOc1cccc(F)c1B(O)O. The van der Waals surface area contributed by atoms with Gasteiger partial charge in [-0.05, 0) is 12.1 Å². The van der Waals surface area contributed by atoms with Gasteiger partial charge in [0.25, 0.3) is 0 Å². The molecule has 0 saturated carbocycles. The molecule has 4 nitrogen and oxygen atoms in total. The first-order valence-electron chi connectivity index (χ1n) is 3.93. The van der Waals surface area contributed by atoms with Crippen LogP contribution in [-0.2, 0) is 4.74 Å². The molecule has 0 saturated heterocycles. The zero-order valence-corrected chi connectivity index (χ0v) is 7.61. The van der Waals surface area contributed by atoms with Crippen molar-refractivity contribution in [1.29, 1.82) is 0 Å². The van der Waals surface area contributed by atoms with Crippen LogP contribution in [0.1, 0.15) is 0 Å². The number of hydrogen-bond donors (Lipinski definition) is 2. The van der Waals surface area contributed by atoms with Crippen molar-refractivity contribution in [1.82, 2.24) is 0 Å². The van der Waals surface area contributed by atoms with E-state index in [9.17, 15) is 4.39 Å². The third-order valence-electron chi connectivity index (χ3n) is 1.60. The van der Waals surface area contributed by atoms with Gasteiger partial charge in [0.15, 0.2) is 6.79 Å². The van der Waals surface area contributed by atoms with Crippen molar-refractivity contribution in [3.8, 4) is 5.75 Å². The molecule has 0 amide bonds. The summed E-state index contributed by atoms with van der Waals surface area (Å²) in [5.74, 6) is -0.671. The molecule has 0 bridgehead atoms. The predicted molar refractivity (Wildman–Crippen MR) is 48.7 cm³/mol. The van der Waals surface area contributed by atoms with Crippen LogP contribution in [0.4, 0.5) is 4.39 Å². The molecule has 1 rings (SSSR count). The second-order valence-electron chi connectivity index (χ2n) is 2.58. The van der Waals surface area contributed by atoms with Gasteiger partial charge >= 0.3 is 7.12 Å². The number of ether oxygens (including phenoxy) is 2. The van der Waals surface area contributed by atoms with E-state index in [1.54, 1.807) is 0 Å². The Labute approximate surface area is 81.0 Å². The van der Waals surface area contributed by atoms with Gasteiger partial charge in [0.05, 0.1) is 5.46 Å². The fraction of sp³-hybridized carbons (Fsp3) is 0.250. The maximum Gasteiger partial charge on any atom is 0.495 e. The lowest BCUT2D eigenvalue weighted by Crippen LogP contribution is -2.34. The molecule has 0 aliphatic heterocycles. The van der Waals surface area contributed by atoms with E-state index in [1.807, 2.05) is 0 Å². The first-order valence-corrected chi connectivity index (χ1v) is 3.93.